The standard InChI is InChI=1S/C17H21FN2O/c1-17(2,10-19)11-20(3)16(21)14-8-9-15(18)13-7-5-4-6-12(13)14/h4-9H,10-11,19H2,1-3H3. The number of benzene rings is 2. The highest BCUT2D eigenvalue weighted by Gasteiger charge is 2.23. The molecular formula is C17H21FN2O. The predicted molar refractivity (Wildman–Crippen MR) is 83.7 cm³/mol. The molecule has 2 aromatic carbocycles. The number of hydrogen-bond donors (Lipinski definition) is 1. The number of fused-ring (bicyclic) bond motifs is 1. The van der Waals surface area contributed by atoms with Gasteiger partial charge in [-0.2, -0.15) is 0 Å². The molecule has 0 spiro atoms. The van der Waals surface area contributed by atoms with Crippen molar-refractivity contribution in [1.29, 1.82) is 0 Å². The Morgan fingerprint density at radius 2 is 1.81 bits per heavy atom. The number of hydrogen-bond acceptors (Lipinski definition) is 2. The summed E-state index contributed by atoms with van der Waals surface area (Å²) in [7, 11) is 1.75. The van der Waals surface area contributed by atoms with Crippen molar-refractivity contribution in [2.75, 3.05) is 20.1 Å². The lowest BCUT2D eigenvalue weighted by molar-refractivity contribution is 0.0742. The van der Waals surface area contributed by atoms with Gasteiger partial charge in [-0.05, 0) is 29.5 Å². The molecule has 0 aliphatic carbocycles. The number of carbonyl (C=O) groups is 1. The fourth-order valence-electron chi connectivity index (χ4n) is 2.43. The van der Waals surface area contributed by atoms with E-state index in [0.29, 0.717) is 29.4 Å². The van der Waals surface area contributed by atoms with Crippen LogP contribution in [0, 0.1) is 11.2 Å². The number of amides is 1. The second-order valence-electron chi connectivity index (χ2n) is 6.17. The minimum Gasteiger partial charge on any atom is -0.341 e. The molecule has 0 atom stereocenters. The number of nitrogens with zero attached hydrogens (tertiary/aromatic N) is 1. The molecule has 1 amide bonds. The van der Waals surface area contributed by atoms with E-state index in [0.717, 1.165) is 0 Å². The van der Waals surface area contributed by atoms with Crippen LogP contribution in [-0.4, -0.2) is 30.9 Å². The number of halogens is 1. The van der Waals surface area contributed by atoms with Crippen LogP contribution in [0.2, 0.25) is 0 Å². The summed E-state index contributed by atoms with van der Waals surface area (Å²) >= 11 is 0. The molecule has 0 bridgehead atoms. The van der Waals surface area contributed by atoms with Crippen LogP contribution in [-0.2, 0) is 0 Å². The summed E-state index contributed by atoms with van der Waals surface area (Å²) in [6.07, 6.45) is 0. The first-order chi connectivity index (χ1) is 9.85. The third-order valence-electron chi connectivity index (χ3n) is 3.67. The summed E-state index contributed by atoms with van der Waals surface area (Å²) in [5.74, 6) is -0.431. The number of carbonyl (C=O) groups excluding carboxylic acids is 1. The van der Waals surface area contributed by atoms with Crippen LogP contribution in [0.4, 0.5) is 4.39 Å². The van der Waals surface area contributed by atoms with E-state index in [4.69, 9.17) is 5.73 Å². The van der Waals surface area contributed by atoms with Gasteiger partial charge in [0.1, 0.15) is 5.82 Å². The SMILES string of the molecule is CN(CC(C)(C)CN)C(=O)c1ccc(F)c2ccccc12. The number of rotatable bonds is 4. The summed E-state index contributed by atoms with van der Waals surface area (Å²) in [6.45, 7) is 5.07. The molecule has 112 valence electrons. The third kappa shape index (κ3) is 3.22. The molecule has 0 fully saturated rings. The average molecular weight is 288 g/mol. The molecule has 0 heterocycles. The van der Waals surface area contributed by atoms with Crippen molar-refractivity contribution in [3.05, 3.63) is 47.8 Å². The molecule has 0 aromatic heterocycles. The maximum Gasteiger partial charge on any atom is 0.254 e. The quantitative estimate of drug-likeness (QED) is 0.940. The Labute approximate surface area is 124 Å². The van der Waals surface area contributed by atoms with Crippen molar-refractivity contribution in [1.82, 2.24) is 4.90 Å². The highest BCUT2D eigenvalue weighted by Crippen LogP contribution is 2.24. The zero-order chi connectivity index (χ0) is 15.6. The molecule has 21 heavy (non-hydrogen) atoms. The van der Waals surface area contributed by atoms with E-state index >= 15 is 0 Å². The third-order valence-corrected chi connectivity index (χ3v) is 3.67. The lowest BCUT2D eigenvalue weighted by Gasteiger charge is -2.29. The molecular weight excluding hydrogens is 267 g/mol. The zero-order valence-electron chi connectivity index (χ0n) is 12.7. The Kier molecular flexibility index (Phi) is 4.28. The monoisotopic (exact) mass is 288 g/mol. The Balaban J connectivity index is 2.38. The molecule has 0 radical (unpaired) electrons. The molecule has 0 unspecified atom stereocenters. The zero-order valence-corrected chi connectivity index (χ0v) is 12.7. The van der Waals surface area contributed by atoms with Crippen molar-refractivity contribution in [2.45, 2.75) is 13.8 Å². The molecule has 4 heteroatoms. The lowest BCUT2D eigenvalue weighted by atomic mass is 9.93. The van der Waals surface area contributed by atoms with E-state index in [1.54, 1.807) is 36.2 Å². The largest absolute Gasteiger partial charge is 0.341 e. The fraction of sp³-hybridized carbons (Fsp3) is 0.353. The van der Waals surface area contributed by atoms with Crippen LogP contribution >= 0.6 is 0 Å². The van der Waals surface area contributed by atoms with Gasteiger partial charge in [0.15, 0.2) is 0 Å². The molecule has 2 rings (SSSR count). The minimum atomic E-state index is -0.313. The van der Waals surface area contributed by atoms with Gasteiger partial charge in [-0.1, -0.05) is 38.1 Å². The van der Waals surface area contributed by atoms with E-state index in [2.05, 4.69) is 0 Å². The Morgan fingerprint density at radius 1 is 1.19 bits per heavy atom. The topological polar surface area (TPSA) is 46.3 Å². The van der Waals surface area contributed by atoms with Crippen LogP contribution in [0.5, 0.6) is 0 Å². The first-order valence-corrected chi connectivity index (χ1v) is 6.98. The number of nitrogens with two attached hydrogens (primary N) is 1. The highest BCUT2D eigenvalue weighted by atomic mass is 19.1. The Bertz CT molecular complexity index is 667. The van der Waals surface area contributed by atoms with Crippen LogP contribution < -0.4 is 5.73 Å². The second-order valence-corrected chi connectivity index (χ2v) is 6.17. The summed E-state index contributed by atoms with van der Waals surface area (Å²) in [4.78, 5) is 14.3. The fourth-order valence-corrected chi connectivity index (χ4v) is 2.43. The Morgan fingerprint density at radius 3 is 2.43 bits per heavy atom. The van der Waals surface area contributed by atoms with E-state index in [1.807, 2.05) is 19.9 Å². The van der Waals surface area contributed by atoms with E-state index in [-0.39, 0.29) is 17.1 Å². The maximum atomic E-state index is 13.8. The van der Waals surface area contributed by atoms with Crippen molar-refractivity contribution in [3.8, 4) is 0 Å². The van der Waals surface area contributed by atoms with Gasteiger partial charge in [0.05, 0.1) is 0 Å². The van der Waals surface area contributed by atoms with Crippen molar-refractivity contribution in [2.24, 2.45) is 11.1 Å². The lowest BCUT2D eigenvalue weighted by Crippen LogP contribution is -2.39. The molecule has 3 nitrogen and oxygen atoms in total. The molecule has 0 aliphatic heterocycles. The van der Waals surface area contributed by atoms with Crippen molar-refractivity contribution in [3.63, 3.8) is 0 Å². The van der Waals surface area contributed by atoms with Crippen LogP contribution in [0.3, 0.4) is 0 Å². The van der Waals surface area contributed by atoms with Crippen LogP contribution in [0.1, 0.15) is 24.2 Å². The van der Waals surface area contributed by atoms with Crippen LogP contribution in [0.15, 0.2) is 36.4 Å². The van der Waals surface area contributed by atoms with E-state index < -0.39 is 0 Å². The second kappa shape index (κ2) is 5.82. The van der Waals surface area contributed by atoms with Crippen molar-refractivity contribution >= 4 is 16.7 Å². The first-order valence-electron chi connectivity index (χ1n) is 6.98. The van der Waals surface area contributed by atoms with Gasteiger partial charge in [-0.3, -0.25) is 4.79 Å². The molecule has 0 saturated heterocycles. The molecule has 0 aliphatic rings. The van der Waals surface area contributed by atoms with Crippen LogP contribution in [0.25, 0.3) is 10.8 Å². The molecule has 2 aromatic rings. The van der Waals surface area contributed by atoms with Gasteiger partial charge >= 0.3 is 0 Å². The van der Waals surface area contributed by atoms with E-state index in [1.165, 1.54) is 6.07 Å². The maximum absolute atomic E-state index is 13.8. The average Bonchev–Trinajstić information content (AvgIpc) is 2.47. The Hall–Kier alpha value is -1.94. The summed E-state index contributed by atoms with van der Waals surface area (Å²) < 4.78 is 13.8. The predicted octanol–water partition coefficient (Wildman–Crippen LogP) is 3.04. The van der Waals surface area contributed by atoms with Gasteiger partial charge in [-0.25, -0.2) is 4.39 Å². The van der Waals surface area contributed by atoms with Crippen molar-refractivity contribution < 1.29 is 9.18 Å². The van der Waals surface area contributed by atoms with Gasteiger partial charge < -0.3 is 10.6 Å². The van der Waals surface area contributed by atoms with E-state index in [9.17, 15) is 9.18 Å². The van der Waals surface area contributed by atoms with Gasteiger partial charge in [0.25, 0.3) is 5.91 Å². The van der Waals surface area contributed by atoms with Gasteiger partial charge in [0.2, 0.25) is 0 Å². The normalized spacial score (nSPS) is 11.7. The summed E-state index contributed by atoms with van der Waals surface area (Å²) in [6, 6.07) is 9.92. The van der Waals surface area contributed by atoms with Gasteiger partial charge in [-0.15, -0.1) is 0 Å². The minimum absolute atomic E-state index is 0.118. The highest BCUT2D eigenvalue weighted by molar-refractivity contribution is 6.07. The summed E-state index contributed by atoms with van der Waals surface area (Å²) in [5, 5.41) is 1.11. The smallest absolute Gasteiger partial charge is 0.254 e. The van der Waals surface area contributed by atoms with Gasteiger partial charge in [0, 0.05) is 24.5 Å². The molecule has 0 saturated carbocycles. The molecule has 2 N–H and O–H groups in total. The summed E-state index contributed by atoms with van der Waals surface area (Å²) in [5.41, 5.74) is 6.08. The first kappa shape index (κ1) is 15.4.